The molecule has 0 saturated heterocycles. The first kappa shape index (κ1) is 15.4. The number of allylic oxidation sites excluding steroid dienone is 2. The Labute approximate surface area is 101 Å². The van der Waals surface area contributed by atoms with Gasteiger partial charge in [0.1, 0.15) is 0 Å². The second kappa shape index (κ2) is 10.9. The Morgan fingerprint density at radius 3 is 2.82 bits per heavy atom. The number of carbonyl (C=O) groups excluding carboxylic acids is 1. The number of carbonyl (C=O) groups is 1. The van der Waals surface area contributed by atoms with Gasteiger partial charge in [0, 0.05) is 13.0 Å². The maximum absolute atomic E-state index is 11.3. The lowest BCUT2D eigenvalue weighted by atomic mass is 10.2. The van der Waals surface area contributed by atoms with Gasteiger partial charge in [-0.05, 0) is 32.6 Å². The van der Waals surface area contributed by atoms with E-state index in [0.717, 1.165) is 12.8 Å². The second-order valence-corrected chi connectivity index (χ2v) is 3.58. The predicted octanol–water partition coefficient (Wildman–Crippen LogP) is 1.84. The van der Waals surface area contributed by atoms with Crippen molar-refractivity contribution in [3.63, 3.8) is 0 Å². The van der Waals surface area contributed by atoms with Crippen molar-refractivity contribution in [3.8, 4) is 0 Å². The van der Waals surface area contributed by atoms with Gasteiger partial charge in [-0.3, -0.25) is 4.79 Å². The summed E-state index contributed by atoms with van der Waals surface area (Å²) in [5, 5.41) is 11.8. The summed E-state index contributed by atoms with van der Waals surface area (Å²) in [6.07, 6.45) is 7.54. The summed E-state index contributed by atoms with van der Waals surface area (Å²) in [5.41, 5.74) is 0. The van der Waals surface area contributed by atoms with Crippen LogP contribution in [0.5, 0.6) is 0 Å². The summed E-state index contributed by atoms with van der Waals surface area (Å²) < 4.78 is 0. The minimum atomic E-state index is -0.806. The summed E-state index contributed by atoms with van der Waals surface area (Å²) in [6.45, 7) is 2.58. The first-order chi connectivity index (χ1) is 8.16. The molecule has 0 aliphatic heterocycles. The van der Waals surface area contributed by atoms with Crippen LogP contribution in [0.25, 0.3) is 0 Å². The van der Waals surface area contributed by atoms with Crippen LogP contribution < -0.4 is 5.32 Å². The summed E-state index contributed by atoms with van der Waals surface area (Å²) >= 11 is 0. The van der Waals surface area contributed by atoms with E-state index in [1.165, 1.54) is 0 Å². The molecule has 0 aliphatic carbocycles. The van der Waals surface area contributed by atoms with Gasteiger partial charge in [-0.15, -0.1) is 10.1 Å². The smallest absolute Gasteiger partial charge is 0.294 e. The molecule has 0 aromatic carbocycles. The Morgan fingerprint density at radius 2 is 2.18 bits per heavy atom. The molecule has 0 rings (SSSR count). The number of nitrogens with zero attached hydrogens (tertiary/aromatic N) is 1. The monoisotopic (exact) mass is 244 g/mol. The van der Waals surface area contributed by atoms with E-state index in [1.54, 1.807) is 0 Å². The molecule has 17 heavy (non-hydrogen) atoms. The fraction of sp³-hybridized carbons (Fsp3) is 0.727. The van der Waals surface area contributed by atoms with Crippen molar-refractivity contribution in [2.45, 2.75) is 39.0 Å². The Kier molecular flexibility index (Phi) is 9.89. The molecule has 0 aromatic rings. The molecule has 0 fully saturated rings. The summed E-state index contributed by atoms with van der Waals surface area (Å²) in [4.78, 5) is 25.2. The highest BCUT2D eigenvalue weighted by atomic mass is 16.9. The fourth-order valence-corrected chi connectivity index (χ4v) is 1.23. The maximum Gasteiger partial charge on any atom is 0.294 e. The molecule has 0 saturated carbocycles. The zero-order valence-electron chi connectivity index (χ0n) is 10.2. The second-order valence-electron chi connectivity index (χ2n) is 3.58. The van der Waals surface area contributed by atoms with Crippen molar-refractivity contribution in [3.05, 3.63) is 22.3 Å². The van der Waals surface area contributed by atoms with Crippen LogP contribution >= 0.6 is 0 Å². The van der Waals surface area contributed by atoms with Crippen molar-refractivity contribution < 1.29 is 14.7 Å². The van der Waals surface area contributed by atoms with E-state index in [9.17, 15) is 14.9 Å². The normalized spacial score (nSPS) is 10.4. The first-order valence-electron chi connectivity index (χ1n) is 5.82. The van der Waals surface area contributed by atoms with E-state index >= 15 is 0 Å². The lowest BCUT2D eigenvalue weighted by Gasteiger charge is -2.04. The number of hydrogen-bond acceptors (Lipinski definition) is 4. The molecule has 0 radical (unpaired) electrons. The molecule has 0 atom stereocenters. The maximum atomic E-state index is 11.3. The van der Waals surface area contributed by atoms with Gasteiger partial charge in [-0.2, -0.15) is 0 Å². The van der Waals surface area contributed by atoms with Crippen LogP contribution in [-0.2, 0) is 9.63 Å². The SMILES string of the molecule is CC=CCCCC(=O)NCCCCO[N+](=O)[O-]. The average Bonchev–Trinajstić information content (AvgIpc) is 2.29. The van der Waals surface area contributed by atoms with Gasteiger partial charge in [0.05, 0.1) is 6.61 Å². The van der Waals surface area contributed by atoms with Gasteiger partial charge in [0.2, 0.25) is 5.91 Å². The number of amides is 1. The predicted molar refractivity (Wildman–Crippen MR) is 63.9 cm³/mol. The lowest BCUT2D eigenvalue weighted by Crippen LogP contribution is -2.24. The molecular weight excluding hydrogens is 224 g/mol. The Bertz CT molecular complexity index is 254. The Balaban J connectivity index is 3.24. The average molecular weight is 244 g/mol. The van der Waals surface area contributed by atoms with Gasteiger partial charge in [0.15, 0.2) is 0 Å². The highest BCUT2D eigenvalue weighted by Crippen LogP contribution is 1.97. The molecule has 0 aromatic heterocycles. The highest BCUT2D eigenvalue weighted by molar-refractivity contribution is 5.75. The lowest BCUT2D eigenvalue weighted by molar-refractivity contribution is -0.757. The Hall–Kier alpha value is -1.59. The van der Waals surface area contributed by atoms with Crippen LogP contribution in [0.2, 0.25) is 0 Å². The van der Waals surface area contributed by atoms with Crippen LogP contribution in [0.1, 0.15) is 39.0 Å². The van der Waals surface area contributed by atoms with E-state index in [4.69, 9.17) is 0 Å². The number of nitrogens with one attached hydrogen (secondary N) is 1. The first-order valence-corrected chi connectivity index (χ1v) is 5.82. The zero-order chi connectivity index (χ0) is 12.9. The third-order valence-corrected chi connectivity index (χ3v) is 2.10. The molecule has 98 valence electrons. The molecular formula is C11H20N2O4. The van der Waals surface area contributed by atoms with Crippen LogP contribution in [0.4, 0.5) is 0 Å². The minimum Gasteiger partial charge on any atom is -0.356 e. The highest BCUT2D eigenvalue weighted by Gasteiger charge is 1.99. The van der Waals surface area contributed by atoms with E-state index in [2.05, 4.69) is 10.2 Å². The summed E-state index contributed by atoms with van der Waals surface area (Å²) in [7, 11) is 0. The van der Waals surface area contributed by atoms with E-state index in [-0.39, 0.29) is 12.5 Å². The van der Waals surface area contributed by atoms with E-state index in [1.807, 2.05) is 19.1 Å². The molecule has 0 spiro atoms. The largest absolute Gasteiger partial charge is 0.356 e. The van der Waals surface area contributed by atoms with E-state index in [0.29, 0.717) is 25.8 Å². The minimum absolute atomic E-state index is 0.0321. The van der Waals surface area contributed by atoms with Crippen LogP contribution in [0.3, 0.4) is 0 Å². The fourth-order valence-electron chi connectivity index (χ4n) is 1.23. The Morgan fingerprint density at radius 1 is 1.41 bits per heavy atom. The van der Waals surface area contributed by atoms with E-state index < -0.39 is 5.09 Å². The standard InChI is InChI=1S/C11H20N2O4/c1-2-3-4-5-8-11(14)12-9-6-7-10-17-13(15)16/h2-3H,4-10H2,1H3,(H,12,14). The van der Waals surface area contributed by atoms with Crippen LogP contribution in [-0.4, -0.2) is 24.1 Å². The molecule has 0 aliphatic rings. The quantitative estimate of drug-likeness (QED) is 0.275. The van der Waals surface area contributed by atoms with Gasteiger partial charge in [-0.25, -0.2) is 0 Å². The molecule has 1 N–H and O–H groups in total. The topological polar surface area (TPSA) is 81.5 Å². The van der Waals surface area contributed by atoms with Crippen molar-refractivity contribution in [1.29, 1.82) is 0 Å². The molecule has 1 amide bonds. The molecule has 6 heteroatoms. The van der Waals surface area contributed by atoms with Gasteiger partial charge in [0.25, 0.3) is 5.09 Å². The molecule has 0 heterocycles. The number of rotatable bonds is 10. The number of hydrogen-bond donors (Lipinski definition) is 1. The molecule has 6 nitrogen and oxygen atoms in total. The van der Waals surface area contributed by atoms with Gasteiger partial charge < -0.3 is 10.2 Å². The third-order valence-electron chi connectivity index (χ3n) is 2.10. The van der Waals surface area contributed by atoms with Crippen molar-refractivity contribution in [2.75, 3.05) is 13.2 Å². The van der Waals surface area contributed by atoms with Crippen LogP contribution in [0.15, 0.2) is 12.2 Å². The number of unbranched alkanes of at least 4 members (excludes halogenated alkanes) is 2. The van der Waals surface area contributed by atoms with Crippen LogP contribution in [0, 0.1) is 10.1 Å². The van der Waals surface area contributed by atoms with Crippen molar-refractivity contribution in [1.82, 2.24) is 5.32 Å². The molecule has 0 bridgehead atoms. The van der Waals surface area contributed by atoms with Gasteiger partial charge in [-0.1, -0.05) is 12.2 Å². The van der Waals surface area contributed by atoms with Gasteiger partial charge >= 0.3 is 0 Å². The van der Waals surface area contributed by atoms with Crippen molar-refractivity contribution in [2.24, 2.45) is 0 Å². The molecule has 0 unspecified atom stereocenters. The zero-order valence-corrected chi connectivity index (χ0v) is 10.2. The summed E-state index contributed by atoms with van der Waals surface area (Å²) in [6, 6.07) is 0. The summed E-state index contributed by atoms with van der Waals surface area (Å²) in [5.74, 6) is 0.0321. The van der Waals surface area contributed by atoms with Crippen molar-refractivity contribution >= 4 is 5.91 Å². The third kappa shape index (κ3) is 12.3.